The fourth-order valence-corrected chi connectivity index (χ4v) is 2.16. The van der Waals surface area contributed by atoms with E-state index in [4.69, 9.17) is 10.5 Å². The van der Waals surface area contributed by atoms with Crippen molar-refractivity contribution in [3.8, 4) is 0 Å². The second-order valence-corrected chi connectivity index (χ2v) is 4.83. The van der Waals surface area contributed by atoms with Gasteiger partial charge >= 0.3 is 0 Å². The molecule has 0 aromatic heterocycles. The zero-order chi connectivity index (χ0) is 14.8. The van der Waals surface area contributed by atoms with Crippen molar-refractivity contribution in [1.82, 2.24) is 5.32 Å². The molecular weight excluding hydrogens is 270 g/mol. The largest absolute Gasteiger partial charge is 0.396 e. The number of amides is 1. The Balaban J connectivity index is 2.26. The molecule has 110 valence electrons. The molecule has 1 aliphatic heterocycles. The molecule has 0 aliphatic carbocycles. The monoisotopic (exact) mass is 286 g/mol. The normalized spacial score (nSPS) is 17.8. The molecule has 1 aromatic carbocycles. The Labute approximate surface area is 114 Å². The molecule has 4 N–H and O–H groups in total. The van der Waals surface area contributed by atoms with Gasteiger partial charge in [-0.05, 0) is 25.0 Å². The van der Waals surface area contributed by atoms with Crippen LogP contribution in [0.25, 0.3) is 0 Å². The summed E-state index contributed by atoms with van der Waals surface area (Å²) in [7, 11) is 0. The van der Waals surface area contributed by atoms with Crippen molar-refractivity contribution in [2.45, 2.75) is 18.4 Å². The van der Waals surface area contributed by atoms with Gasteiger partial charge in [-0.25, -0.2) is 8.78 Å². The number of ether oxygens (including phenoxy) is 1. The van der Waals surface area contributed by atoms with Crippen LogP contribution in [0.4, 0.5) is 14.5 Å². The van der Waals surface area contributed by atoms with E-state index in [1.807, 2.05) is 0 Å². The van der Waals surface area contributed by atoms with E-state index in [1.165, 1.54) is 0 Å². The maximum atomic E-state index is 13.8. The molecule has 0 spiro atoms. The molecule has 0 bridgehead atoms. The lowest BCUT2D eigenvalue weighted by Crippen LogP contribution is -2.54. The van der Waals surface area contributed by atoms with Gasteiger partial charge in [0.2, 0.25) is 0 Å². The van der Waals surface area contributed by atoms with E-state index in [1.54, 1.807) is 0 Å². The highest BCUT2D eigenvalue weighted by atomic mass is 19.1. The molecule has 1 amide bonds. The quantitative estimate of drug-likeness (QED) is 0.718. The number of carbonyl (C=O) groups excluding carboxylic acids is 1. The van der Waals surface area contributed by atoms with Crippen LogP contribution in [0.1, 0.15) is 23.2 Å². The zero-order valence-electron chi connectivity index (χ0n) is 10.8. The zero-order valence-corrected chi connectivity index (χ0v) is 10.8. The van der Waals surface area contributed by atoms with E-state index in [-0.39, 0.29) is 12.3 Å². The molecule has 20 heavy (non-hydrogen) atoms. The Hall–Kier alpha value is -1.73. The van der Waals surface area contributed by atoms with Crippen molar-refractivity contribution in [3.63, 3.8) is 0 Å². The van der Waals surface area contributed by atoms with E-state index in [0.29, 0.717) is 26.1 Å². The first-order valence-corrected chi connectivity index (χ1v) is 6.24. The molecular formula is C13H16F2N2O3. The molecule has 2 rings (SSSR count). The average molecular weight is 286 g/mol. The van der Waals surface area contributed by atoms with Crippen molar-refractivity contribution in [2.24, 2.45) is 0 Å². The van der Waals surface area contributed by atoms with E-state index >= 15 is 0 Å². The summed E-state index contributed by atoms with van der Waals surface area (Å²) in [4.78, 5) is 12.1. The van der Waals surface area contributed by atoms with Gasteiger partial charge in [0.15, 0.2) is 5.82 Å². The Morgan fingerprint density at radius 3 is 2.65 bits per heavy atom. The summed E-state index contributed by atoms with van der Waals surface area (Å²) in [6.45, 7) is 0.402. The minimum atomic E-state index is -1.09. The fraction of sp³-hybridized carbons (Fsp3) is 0.462. The van der Waals surface area contributed by atoms with E-state index in [0.717, 1.165) is 12.1 Å². The smallest absolute Gasteiger partial charge is 0.257 e. The number of hydrogen-bond acceptors (Lipinski definition) is 4. The first-order chi connectivity index (χ1) is 9.49. The van der Waals surface area contributed by atoms with Gasteiger partial charge < -0.3 is 20.9 Å². The molecule has 0 atom stereocenters. The number of nitrogens with one attached hydrogen (secondary N) is 1. The van der Waals surface area contributed by atoms with Crippen LogP contribution in [-0.4, -0.2) is 36.4 Å². The maximum absolute atomic E-state index is 13.8. The van der Waals surface area contributed by atoms with Gasteiger partial charge in [0, 0.05) is 13.2 Å². The first kappa shape index (κ1) is 14.7. The third-order valence-corrected chi connectivity index (χ3v) is 3.48. The van der Waals surface area contributed by atoms with Crippen LogP contribution in [0.5, 0.6) is 0 Å². The third-order valence-electron chi connectivity index (χ3n) is 3.48. The number of rotatable bonds is 3. The Bertz CT molecular complexity index is 517. The lowest BCUT2D eigenvalue weighted by atomic mass is 9.90. The van der Waals surface area contributed by atoms with Crippen LogP contribution in [-0.2, 0) is 4.74 Å². The number of aliphatic hydroxyl groups excluding tert-OH is 1. The van der Waals surface area contributed by atoms with Crippen molar-refractivity contribution >= 4 is 11.6 Å². The van der Waals surface area contributed by atoms with Gasteiger partial charge in [0.05, 0.1) is 17.8 Å². The van der Waals surface area contributed by atoms with Crippen LogP contribution in [0, 0.1) is 11.6 Å². The number of nitrogen functional groups attached to an aromatic ring is 1. The highest BCUT2D eigenvalue weighted by Crippen LogP contribution is 2.23. The summed E-state index contributed by atoms with van der Waals surface area (Å²) >= 11 is 0. The summed E-state index contributed by atoms with van der Waals surface area (Å²) in [5.74, 6) is -3.01. The predicted molar refractivity (Wildman–Crippen MR) is 68.1 cm³/mol. The van der Waals surface area contributed by atoms with Crippen LogP contribution in [0.15, 0.2) is 12.1 Å². The highest BCUT2D eigenvalue weighted by molar-refractivity contribution is 5.96. The molecule has 0 radical (unpaired) electrons. The lowest BCUT2D eigenvalue weighted by Gasteiger charge is -2.36. The van der Waals surface area contributed by atoms with Crippen molar-refractivity contribution in [1.29, 1.82) is 0 Å². The SMILES string of the molecule is Nc1ccc(F)c(C(=O)NC2(CO)CCOCC2)c1F. The second-order valence-electron chi connectivity index (χ2n) is 4.83. The van der Waals surface area contributed by atoms with Crippen LogP contribution < -0.4 is 11.1 Å². The number of halogens is 2. The fourth-order valence-electron chi connectivity index (χ4n) is 2.16. The van der Waals surface area contributed by atoms with Gasteiger partial charge in [-0.2, -0.15) is 0 Å². The summed E-state index contributed by atoms with van der Waals surface area (Å²) in [5, 5.41) is 12.0. The van der Waals surface area contributed by atoms with Crippen LogP contribution >= 0.6 is 0 Å². The molecule has 5 nitrogen and oxygen atoms in total. The topological polar surface area (TPSA) is 84.6 Å². The van der Waals surface area contributed by atoms with Crippen LogP contribution in [0.2, 0.25) is 0 Å². The second kappa shape index (κ2) is 5.72. The summed E-state index contributed by atoms with van der Waals surface area (Å²) in [6, 6.07) is 1.99. The van der Waals surface area contributed by atoms with E-state index < -0.39 is 28.6 Å². The number of aliphatic hydroxyl groups is 1. The Morgan fingerprint density at radius 2 is 2.05 bits per heavy atom. The molecule has 1 heterocycles. The van der Waals surface area contributed by atoms with Gasteiger partial charge in [0.1, 0.15) is 11.4 Å². The average Bonchev–Trinajstić information content (AvgIpc) is 2.44. The Kier molecular flexibility index (Phi) is 4.20. The van der Waals surface area contributed by atoms with Crippen molar-refractivity contribution in [3.05, 3.63) is 29.3 Å². The molecule has 0 saturated carbocycles. The van der Waals surface area contributed by atoms with E-state index in [9.17, 15) is 18.7 Å². The van der Waals surface area contributed by atoms with Gasteiger partial charge in [-0.1, -0.05) is 0 Å². The van der Waals surface area contributed by atoms with E-state index in [2.05, 4.69) is 5.32 Å². The van der Waals surface area contributed by atoms with Crippen LogP contribution in [0.3, 0.4) is 0 Å². The number of anilines is 1. The molecule has 1 aliphatic rings. The number of hydrogen-bond donors (Lipinski definition) is 3. The molecule has 1 aromatic rings. The Morgan fingerprint density at radius 1 is 1.40 bits per heavy atom. The van der Waals surface area contributed by atoms with Crippen molar-refractivity contribution in [2.75, 3.05) is 25.6 Å². The lowest BCUT2D eigenvalue weighted by molar-refractivity contribution is 0.0124. The summed E-state index contributed by atoms with van der Waals surface area (Å²) in [5.41, 5.74) is 3.38. The summed E-state index contributed by atoms with van der Waals surface area (Å²) in [6.07, 6.45) is 0.752. The number of carbonyl (C=O) groups is 1. The minimum absolute atomic E-state index is 0.304. The standard InChI is InChI=1S/C13H16F2N2O3/c14-8-1-2-9(16)11(15)10(8)12(19)17-13(7-18)3-5-20-6-4-13/h1-2,18H,3-7,16H2,(H,17,19). The van der Waals surface area contributed by atoms with Gasteiger partial charge in [0.25, 0.3) is 5.91 Å². The maximum Gasteiger partial charge on any atom is 0.257 e. The minimum Gasteiger partial charge on any atom is -0.396 e. The van der Waals surface area contributed by atoms with Gasteiger partial charge in [-0.3, -0.25) is 4.79 Å². The first-order valence-electron chi connectivity index (χ1n) is 6.24. The predicted octanol–water partition coefficient (Wildman–Crippen LogP) is 0.818. The molecule has 0 unspecified atom stereocenters. The highest BCUT2D eigenvalue weighted by Gasteiger charge is 2.35. The summed E-state index contributed by atoms with van der Waals surface area (Å²) < 4.78 is 32.6. The van der Waals surface area contributed by atoms with Gasteiger partial charge in [-0.15, -0.1) is 0 Å². The number of nitrogens with two attached hydrogens (primary N) is 1. The van der Waals surface area contributed by atoms with Crippen molar-refractivity contribution < 1.29 is 23.4 Å². The molecule has 1 saturated heterocycles. The third kappa shape index (κ3) is 2.73. The molecule has 1 fully saturated rings. The molecule has 7 heteroatoms. The number of benzene rings is 1.